The summed E-state index contributed by atoms with van der Waals surface area (Å²) >= 11 is 6.11. The fourth-order valence-corrected chi connectivity index (χ4v) is 2.62. The topological polar surface area (TPSA) is 12.0 Å². The molecule has 0 fully saturated rings. The SMILES string of the molecule is CCC(CC)(CCl)NCc1ccc(C(C)(C)C)cc1. The first-order chi connectivity index (χ1) is 8.87. The lowest BCUT2D eigenvalue weighted by atomic mass is 9.86. The Morgan fingerprint density at radius 2 is 1.53 bits per heavy atom. The minimum Gasteiger partial charge on any atom is -0.306 e. The Balaban J connectivity index is 2.69. The first-order valence-corrected chi connectivity index (χ1v) is 7.81. The smallest absolute Gasteiger partial charge is 0.0405 e. The molecule has 0 saturated heterocycles. The predicted molar refractivity (Wildman–Crippen MR) is 86.0 cm³/mol. The first-order valence-electron chi connectivity index (χ1n) is 7.27. The summed E-state index contributed by atoms with van der Waals surface area (Å²) in [6.07, 6.45) is 2.13. The van der Waals surface area contributed by atoms with Crippen LogP contribution < -0.4 is 5.32 Å². The van der Waals surface area contributed by atoms with Crippen molar-refractivity contribution in [1.29, 1.82) is 0 Å². The molecule has 0 aromatic heterocycles. The number of rotatable bonds is 6. The third kappa shape index (κ3) is 4.50. The van der Waals surface area contributed by atoms with E-state index < -0.39 is 0 Å². The van der Waals surface area contributed by atoms with Crippen LogP contribution in [0, 0.1) is 0 Å². The van der Waals surface area contributed by atoms with Gasteiger partial charge in [-0.3, -0.25) is 0 Å². The lowest BCUT2D eigenvalue weighted by Gasteiger charge is -2.31. The number of alkyl halides is 1. The average Bonchev–Trinajstić information content (AvgIpc) is 2.40. The molecule has 0 bridgehead atoms. The zero-order valence-corrected chi connectivity index (χ0v) is 13.8. The summed E-state index contributed by atoms with van der Waals surface area (Å²) < 4.78 is 0. The number of hydrogen-bond donors (Lipinski definition) is 1. The van der Waals surface area contributed by atoms with Gasteiger partial charge in [-0.1, -0.05) is 58.9 Å². The molecule has 1 aromatic carbocycles. The summed E-state index contributed by atoms with van der Waals surface area (Å²) in [5.74, 6) is 0.667. The van der Waals surface area contributed by atoms with Gasteiger partial charge in [0, 0.05) is 18.0 Å². The summed E-state index contributed by atoms with van der Waals surface area (Å²) in [6.45, 7) is 12.0. The maximum Gasteiger partial charge on any atom is 0.0405 e. The molecule has 1 aromatic rings. The maximum absolute atomic E-state index is 6.11. The Bertz CT molecular complexity index is 363. The third-order valence-electron chi connectivity index (χ3n) is 4.10. The highest BCUT2D eigenvalue weighted by Crippen LogP contribution is 2.23. The Kier molecular flexibility index (Phi) is 5.88. The third-order valence-corrected chi connectivity index (χ3v) is 4.61. The largest absolute Gasteiger partial charge is 0.306 e. The molecular formula is C17H28ClN. The van der Waals surface area contributed by atoms with Crippen molar-refractivity contribution in [3.05, 3.63) is 35.4 Å². The lowest BCUT2D eigenvalue weighted by molar-refractivity contribution is 0.334. The van der Waals surface area contributed by atoms with Crippen LogP contribution in [0.25, 0.3) is 0 Å². The lowest BCUT2D eigenvalue weighted by Crippen LogP contribution is -2.45. The van der Waals surface area contributed by atoms with E-state index in [1.165, 1.54) is 11.1 Å². The molecule has 0 heterocycles. The molecule has 0 aliphatic carbocycles. The van der Waals surface area contributed by atoms with E-state index in [0.29, 0.717) is 5.88 Å². The van der Waals surface area contributed by atoms with Gasteiger partial charge in [-0.05, 0) is 29.4 Å². The van der Waals surface area contributed by atoms with E-state index in [4.69, 9.17) is 11.6 Å². The van der Waals surface area contributed by atoms with Crippen LogP contribution in [0.15, 0.2) is 24.3 Å². The standard InChI is InChI=1S/C17H28ClN/c1-6-17(7-2,13-18)19-12-14-8-10-15(11-9-14)16(3,4)5/h8-11,19H,6-7,12-13H2,1-5H3. The van der Waals surface area contributed by atoms with Gasteiger partial charge in [-0.15, -0.1) is 11.6 Å². The molecule has 0 unspecified atom stereocenters. The van der Waals surface area contributed by atoms with Crippen molar-refractivity contribution in [3.8, 4) is 0 Å². The molecule has 0 aliphatic heterocycles. The Morgan fingerprint density at radius 3 is 1.89 bits per heavy atom. The van der Waals surface area contributed by atoms with E-state index in [1.54, 1.807) is 0 Å². The van der Waals surface area contributed by atoms with Crippen molar-refractivity contribution < 1.29 is 0 Å². The molecule has 0 amide bonds. The minimum atomic E-state index is 0.0737. The molecule has 0 spiro atoms. The van der Waals surface area contributed by atoms with E-state index in [0.717, 1.165) is 19.4 Å². The van der Waals surface area contributed by atoms with Gasteiger partial charge in [-0.25, -0.2) is 0 Å². The summed E-state index contributed by atoms with van der Waals surface area (Å²) in [5.41, 5.74) is 3.00. The molecule has 1 nitrogen and oxygen atoms in total. The fraction of sp³-hybridized carbons (Fsp3) is 0.647. The van der Waals surface area contributed by atoms with Gasteiger partial charge in [0.05, 0.1) is 0 Å². The van der Waals surface area contributed by atoms with E-state index in [1.807, 2.05) is 0 Å². The second-order valence-electron chi connectivity index (χ2n) is 6.42. The van der Waals surface area contributed by atoms with E-state index in [-0.39, 0.29) is 11.0 Å². The van der Waals surface area contributed by atoms with E-state index in [2.05, 4.69) is 64.2 Å². The summed E-state index contributed by atoms with van der Waals surface area (Å²) in [4.78, 5) is 0. The highest BCUT2D eigenvalue weighted by Gasteiger charge is 2.23. The van der Waals surface area contributed by atoms with E-state index in [9.17, 15) is 0 Å². The molecule has 0 saturated carbocycles. The van der Waals surface area contributed by atoms with Gasteiger partial charge >= 0.3 is 0 Å². The van der Waals surface area contributed by atoms with Crippen LogP contribution >= 0.6 is 11.6 Å². The monoisotopic (exact) mass is 281 g/mol. The van der Waals surface area contributed by atoms with Crippen molar-refractivity contribution in [1.82, 2.24) is 5.32 Å². The van der Waals surface area contributed by atoms with E-state index >= 15 is 0 Å². The number of benzene rings is 1. The Hall–Kier alpha value is -0.530. The van der Waals surface area contributed by atoms with Crippen molar-refractivity contribution in [3.63, 3.8) is 0 Å². The molecule has 1 N–H and O–H groups in total. The van der Waals surface area contributed by atoms with Gasteiger partial charge in [0.25, 0.3) is 0 Å². The summed E-state index contributed by atoms with van der Waals surface area (Å²) in [6, 6.07) is 8.91. The molecule has 2 heteroatoms. The number of nitrogens with one attached hydrogen (secondary N) is 1. The van der Waals surface area contributed by atoms with Gasteiger partial charge < -0.3 is 5.32 Å². The van der Waals surface area contributed by atoms with Crippen molar-refractivity contribution in [2.75, 3.05) is 5.88 Å². The normalized spacial score (nSPS) is 12.7. The van der Waals surface area contributed by atoms with Crippen molar-refractivity contribution in [2.45, 2.75) is 65.0 Å². The van der Waals surface area contributed by atoms with Crippen LogP contribution in [-0.4, -0.2) is 11.4 Å². The average molecular weight is 282 g/mol. The molecule has 0 radical (unpaired) electrons. The van der Waals surface area contributed by atoms with Gasteiger partial charge in [-0.2, -0.15) is 0 Å². The van der Waals surface area contributed by atoms with Gasteiger partial charge in [0.2, 0.25) is 0 Å². The summed E-state index contributed by atoms with van der Waals surface area (Å²) in [7, 11) is 0. The zero-order valence-electron chi connectivity index (χ0n) is 13.0. The highest BCUT2D eigenvalue weighted by molar-refractivity contribution is 6.18. The molecule has 1 rings (SSSR count). The van der Waals surface area contributed by atoms with Crippen LogP contribution in [0.3, 0.4) is 0 Å². The van der Waals surface area contributed by atoms with Gasteiger partial charge in [0.15, 0.2) is 0 Å². The van der Waals surface area contributed by atoms with Crippen LogP contribution in [0.2, 0.25) is 0 Å². The Morgan fingerprint density at radius 1 is 1.00 bits per heavy atom. The minimum absolute atomic E-state index is 0.0737. The number of hydrogen-bond acceptors (Lipinski definition) is 1. The molecule has 19 heavy (non-hydrogen) atoms. The zero-order chi connectivity index (χ0) is 14.5. The quantitative estimate of drug-likeness (QED) is 0.734. The van der Waals surface area contributed by atoms with Crippen LogP contribution in [-0.2, 0) is 12.0 Å². The number of halogens is 1. The predicted octanol–water partition coefficient (Wildman–Crippen LogP) is 4.87. The van der Waals surface area contributed by atoms with Crippen LogP contribution in [0.4, 0.5) is 0 Å². The second kappa shape index (κ2) is 6.76. The van der Waals surface area contributed by atoms with Crippen molar-refractivity contribution >= 4 is 11.6 Å². The Labute approximate surface area is 123 Å². The molecule has 108 valence electrons. The summed E-state index contributed by atoms with van der Waals surface area (Å²) in [5, 5.41) is 3.62. The maximum atomic E-state index is 6.11. The van der Waals surface area contributed by atoms with Gasteiger partial charge in [0.1, 0.15) is 0 Å². The van der Waals surface area contributed by atoms with Crippen molar-refractivity contribution in [2.24, 2.45) is 0 Å². The van der Waals surface area contributed by atoms with Crippen LogP contribution in [0.1, 0.15) is 58.6 Å². The van der Waals surface area contributed by atoms with Crippen LogP contribution in [0.5, 0.6) is 0 Å². The highest BCUT2D eigenvalue weighted by atomic mass is 35.5. The molecular weight excluding hydrogens is 254 g/mol. The first kappa shape index (κ1) is 16.5. The molecule has 0 aliphatic rings. The second-order valence-corrected chi connectivity index (χ2v) is 6.69. The fourth-order valence-electron chi connectivity index (χ4n) is 2.15. The molecule has 0 atom stereocenters.